The molecule has 0 atom stereocenters. The predicted molar refractivity (Wildman–Crippen MR) is 116 cm³/mol. The van der Waals surface area contributed by atoms with E-state index < -0.39 is 0 Å². The van der Waals surface area contributed by atoms with Crippen LogP contribution in [0.4, 0.5) is 0 Å². The number of aliphatic hydroxyl groups excluding tert-OH is 1. The summed E-state index contributed by atoms with van der Waals surface area (Å²) in [6.45, 7) is 2.30. The number of hydrogen-bond acceptors (Lipinski definition) is 6. The fourth-order valence-electron chi connectivity index (χ4n) is 3.90. The molecule has 1 aromatic carbocycles. The number of hydrogen-bond donors (Lipinski definition) is 1. The zero-order valence-corrected chi connectivity index (χ0v) is 17.0. The Morgan fingerprint density at radius 1 is 0.935 bits per heavy atom. The first kappa shape index (κ1) is 19.1. The first-order chi connectivity index (χ1) is 15.3. The maximum atomic E-state index is 9.39. The maximum absolute atomic E-state index is 9.39. The van der Waals surface area contributed by atoms with E-state index in [1.165, 1.54) is 0 Å². The Balaban J connectivity index is 1.70. The number of rotatable bonds is 6. The summed E-state index contributed by atoms with van der Waals surface area (Å²) in [5.74, 6) is 0. The molecule has 0 bridgehead atoms. The van der Waals surface area contributed by atoms with Gasteiger partial charge in [-0.05, 0) is 43.3 Å². The molecule has 5 aromatic rings. The Kier molecular flexibility index (Phi) is 4.97. The Labute approximate surface area is 178 Å². The molecule has 0 unspecified atom stereocenters. The normalized spacial score (nSPS) is 11.5. The lowest BCUT2D eigenvalue weighted by Gasteiger charge is -2.19. The average Bonchev–Trinajstić information content (AvgIpc) is 3.39. The van der Waals surface area contributed by atoms with Gasteiger partial charge in [0.2, 0.25) is 0 Å². The van der Waals surface area contributed by atoms with E-state index in [0.717, 1.165) is 39.4 Å². The quantitative estimate of drug-likeness (QED) is 0.462. The molecule has 0 aliphatic carbocycles. The first-order valence-electron chi connectivity index (χ1n) is 10.1. The van der Waals surface area contributed by atoms with Gasteiger partial charge in [0.15, 0.2) is 0 Å². The summed E-state index contributed by atoms with van der Waals surface area (Å²) in [6.07, 6.45) is 5.41. The van der Waals surface area contributed by atoms with Gasteiger partial charge in [0.25, 0.3) is 0 Å². The van der Waals surface area contributed by atoms with Crippen LogP contribution in [0.1, 0.15) is 23.1 Å². The van der Waals surface area contributed by atoms with Crippen LogP contribution < -0.4 is 0 Å². The molecule has 0 aliphatic heterocycles. The lowest BCUT2D eigenvalue weighted by molar-refractivity contribution is 0.269. The summed E-state index contributed by atoms with van der Waals surface area (Å²) >= 11 is 0. The summed E-state index contributed by atoms with van der Waals surface area (Å²) in [7, 11) is 0. The molecular formula is C23H21N7O. The number of aromatic nitrogens is 7. The summed E-state index contributed by atoms with van der Waals surface area (Å²) < 4.78 is 3.82. The van der Waals surface area contributed by atoms with Crippen molar-refractivity contribution >= 4 is 11.0 Å². The van der Waals surface area contributed by atoms with E-state index in [2.05, 4.69) is 35.9 Å². The SMILES string of the molecule is Cc1nnn(CCO)c1-c1ccc2ncn(C(c3ccccn3)c3ccccn3)c2c1. The van der Waals surface area contributed by atoms with E-state index in [0.29, 0.717) is 6.54 Å². The highest BCUT2D eigenvalue weighted by atomic mass is 16.3. The van der Waals surface area contributed by atoms with Gasteiger partial charge in [-0.3, -0.25) is 9.97 Å². The van der Waals surface area contributed by atoms with Crippen molar-refractivity contribution in [1.82, 2.24) is 34.5 Å². The van der Waals surface area contributed by atoms with Crippen molar-refractivity contribution in [3.8, 4) is 11.3 Å². The number of nitrogens with zero attached hydrogens (tertiary/aromatic N) is 7. The molecule has 4 heterocycles. The molecule has 0 saturated carbocycles. The highest BCUT2D eigenvalue weighted by Gasteiger charge is 2.22. The van der Waals surface area contributed by atoms with Crippen molar-refractivity contribution < 1.29 is 5.11 Å². The number of pyridine rings is 2. The summed E-state index contributed by atoms with van der Waals surface area (Å²) in [5.41, 5.74) is 6.25. The molecule has 0 amide bonds. The lowest BCUT2D eigenvalue weighted by Crippen LogP contribution is -2.14. The van der Waals surface area contributed by atoms with Gasteiger partial charge in [-0.25, -0.2) is 9.67 Å². The minimum absolute atomic E-state index is 0.00258. The van der Waals surface area contributed by atoms with E-state index >= 15 is 0 Å². The third-order valence-electron chi connectivity index (χ3n) is 5.28. The monoisotopic (exact) mass is 411 g/mol. The van der Waals surface area contributed by atoms with Gasteiger partial charge in [-0.15, -0.1) is 5.10 Å². The van der Waals surface area contributed by atoms with E-state index in [1.54, 1.807) is 17.1 Å². The molecule has 0 spiro atoms. The topological polar surface area (TPSA) is 94.5 Å². The van der Waals surface area contributed by atoms with Crippen molar-refractivity contribution in [3.63, 3.8) is 0 Å². The third-order valence-corrected chi connectivity index (χ3v) is 5.28. The number of aryl methyl sites for hydroxylation is 1. The molecule has 0 fully saturated rings. The van der Waals surface area contributed by atoms with Crippen LogP contribution in [0.3, 0.4) is 0 Å². The molecule has 154 valence electrons. The Morgan fingerprint density at radius 3 is 2.32 bits per heavy atom. The Bertz CT molecular complexity index is 1270. The lowest BCUT2D eigenvalue weighted by atomic mass is 10.1. The van der Waals surface area contributed by atoms with Crippen molar-refractivity contribution in [2.45, 2.75) is 19.5 Å². The maximum Gasteiger partial charge on any atom is 0.119 e. The smallest absolute Gasteiger partial charge is 0.119 e. The predicted octanol–water partition coefficient (Wildman–Crippen LogP) is 3.02. The molecule has 4 aromatic heterocycles. The van der Waals surface area contributed by atoms with Crippen LogP contribution in [0.5, 0.6) is 0 Å². The van der Waals surface area contributed by atoms with Gasteiger partial charge >= 0.3 is 0 Å². The van der Waals surface area contributed by atoms with Crippen LogP contribution in [0, 0.1) is 6.92 Å². The molecule has 1 N–H and O–H groups in total. The highest BCUT2D eigenvalue weighted by molar-refractivity contribution is 5.82. The molecule has 8 nitrogen and oxygen atoms in total. The van der Waals surface area contributed by atoms with Crippen LogP contribution in [-0.2, 0) is 6.54 Å². The number of fused-ring (bicyclic) bond motifs is 1. The van der Waals surface area contributed by atoms with Crippen LogP contribution in [0.15, 0.2) is 73.3 Å². The first-order valence-corrected chi connectivity index (χ1v) is 10.1. The highest BCUT2D eigenvalue weighted by Crippen LogP contribution is 2.31. The molecular weight excluding hydrogens is 390 g/mol. The Morgan fingerprint density at radius 2 is 1.68 bits per heavy atom. The second-order valence-corrected chi connectivity index (χ2v) is 7.24. The van der Waals surface area contributed by atoms with Crippen molar-refractivity contribution in [3.05, 3.63) is 90.4 Å². The fraction of sp³-hybridized carbons (Fsp3) is 0.174. The molecule has 0 aliphatic rings. The average molecular weight is 411 g/mol. The zero-order chi connectivity index (χ0) is 21.2. The van der Waals surface area contributed by atoms with Crippen LogP contribution in [-0.4, -0.2) is 46.2 Å². The summed E-state index contributed by atoms with van der Waals surface area (Å²) in [6, 6.07) is 17.6. The van der Waals surface area contributed by atoms with Gasteiger partial charge < -0.3 is 9.67 Å². The summed E-state index contributed by atoms with van der Waals surface area (Å²) in [5, 5.41) is 17.7. The van der Waals surface area contributed by atoms with E-state index in [-0.39, 0.29) is 12.6 Å². The molecule has 0 radical (unpaired) electrons. The van der Waals surface area contributed by atoms with Gasteiger partial charge in [0.1, 0.15) is 6.04 Å². The van der Waals surface area contributed by atoms with Gasteiger partial charge in [0, 0.05) is 18.0 Å². The molecule has 0 saturated heterocycles. The van der Waals surface area contributed by atoms with Crippen molar-refractivity contribution in [2.24, 2.45) is 0 Å². The van der Waals surface area contributed by atoms with Crippen LogP contribution in [0.2, 0.25) is 0 Å². The van der Waals surface area contributed by atoms with Crippen LogP contribution in [0.25, 0.3) is 22.3 Å². The van der Waals surface area contributed by atoms with Crippen LogP contribution >= 0.6 is 0 Å². The largest absolute Gasteiger partial charge is 0.394 e. The summed E-state index contributed by atoms with van der Waals surface area (Å²) in [4.78, 5) is 13.8. The minimum Gasteiger partial charge on any atom is -0.394 e. The van der Waals surface area contributed by atoms with E-state index in [1.807, 2.05) is 61.8 Å². The molecule has 8 heteroatoms. The number of imidazole rings is 1. The van der Waals surface area contributed by atoms with Gasteiger partial charge in [-0.1, -0.05) is 23.4 Å². The second kappa shape index (κ2) is 8.08. The number of aliphatic hydroxyl groups is 1. The molecule has 31 heavy (non-hydrogen) atoms. The second-order valence-electron chi connectivity index (χ2n) is 7.24. The number of benzene rings is 1. The Hall–Kier alpha value is -3.91. The van der Waals surface area contributed by atoms with E-state index in [4.69, 9.17) is 0 Å². The van der Waals surface area contributed by atoms with E-state index in [9.17, 15) is 5.11 Å². The minimum atomic E-state index is -0.218. The molecule has 5 rings (SSSR count). The third kappa shape index (κ3) is 3.47. The fourth-order valence-corrected chi connectivity index (χ4v) is 3.90. The van der Waals surface area contributed by atoms with Crippen molar-refractivity contribution in [1.29, 1.82) is 0 Å². The zero-order valence-electron chi connectivity index (χ0n) is 17.0. The van der Waals surface area contributed by atoms with Gasteiger partial charge in [0.05, 0.1) is 53.3 Å². The van der Waals surface area contributed by atoms with Gasteiger partial charge in [-0.2, -0.15) is 0 Å². The standard InChI is InChI=1S/C23H21N7O/c1-16-22(30(12-13-31)28-27-16)17-8-9-18-21(14-17)29(15-26-18)23(19-6-2-4-10-24-19)20-7-3-5-11-25-20/h2-11,14-15,23,31H,12-13H2,1H3. The van der Waals surface area contributed by atoms with Crippen molar-refractivity contribution in [2.75, 3.05) is 6.61 Å².